The van der Waals surface area contributed by atoms with Crippen LogP contribution in [0.4, 0.5) is 4.79 Å². The molecule has 0 bridgehead atoms. The number of benzene rings is 3. The van der Waals surface area contributed by atoms with Crippen LogP contribution in [0.2, 0.25) is 0 Å². The van der Waals surface area contributed by atoms with Crippen LogP contribution in [-0.2, 0) is 20.9 Å². The van der Waals surface area contributed by atoms with Gasteiger partial charge in [0, 0.05) is 23.5 Å². The van der Waals surface area contributed by atoms with Crippen LogP contribution in [0.3, 0.4) is 0 Å². The number of carbonyl (C=O) groups excluding carboxylic acids is 3. The second-order valence-electron chi connectivity index (χ2n) is 11.0. The highest BCUT2D eigenvalue weighted by Crippen LogP contribution is 2.31. The van der Waals surface area contributed by atoms with Crippen LogP contribution >= 0.6 is 15.9 Å². The molecule has 0 saturated carbocycles. The van der Waals surface area contributed by atoms with Crippen molar-refractivity contribution < 1.29 is 19.1 Å². The van der Waals surface area contributed by atoms with Crippen molar-refractivity contribution >= 4 is 33.8 Å². The number of nitrogens with one attached hydrogen (secondary N) is 2. The Morgan fingerprint density at radius 1 is 0.950 bits per heavy atom. The van der Waals surface area contributed by atoms with E-state index < -0.39 is 29.7 Å². The van der Waals surface area contributed by atoms with Gasteiger partial charge >= 0.3 is 6.09 Å². The first kappa shape index (κ1) is 29.3. The van der Waals surface area contributed by atoms with E-state index in [1.807, 2.05) is 84.9 Å². The fraction of sp³-hybridized carbons (Fsp3) is 0.344. The molecule has 3 amide bonds. The number of nitrogens with zero attached hydrogens (tertiary/aromatic N) is 1. The molecule has 0 spiro atoms. The van der Waals surface area contributed by atoms with Crippen LogP contribution in [0.15, 0.2) is 89.4 Å². The van der Waals surface area contributed by atoms with Crippen LogP contribution in [0.1, 0.15) is 56.2 Å². The highest BCUT2D eigenvalue weighted by molar-refractivity contribution is 9.10. The summed E-state index contributed by atoms with van der Waals surface area (Å²) in [6.07, 6.45) is 0.565. The zero-order valence-electron chi connectivity index (χ0n) is 23.1. The number of halogens is 1. The zero-order valence-corrected chi connectivity index (χ0v) is 24.7. The molecule has 1 fully saturated rings. The van der Waals surface area contributed by atoms with Crippen molar-refractivity contribution in [2.45, 2.75) is 63.8 Å². The summed E-state index contributed by atoms with van der Waals surface area (Å²) in [6.45, 7) is 6.12. The minimum absolute atomic E-state index is 0.210. The summed E-state index contributed by atoms with van der Waals surface area (Å²) in [5, 5.41) is 5.87. The molecule has 210 valence electrons. The maximum Gasteiger partial charge on any atom is 0.408 e. The molecule has 2 atom stereocenters. The molecular weight excluding hydrogens is 570 g/mol. The summed E-state index contributed by atoms with van der Waals surface area (Å²) in [4.78, 5) is 42.3. The molecule has 1 aliphatic rings. The molecule has 0 aromatic heterocycles. The average molecular weight is 607 g/mol. The normalized spacial score (nSPS) is 15.9. The molecule has 0 aliphatic carbocycles. The van der Waals surface area contributed by atoms with Gasteiger partial charge in [-0.1, -0.05) is 88.7 Å². The van der Waals surface area contributed by atoms with Gasteiger partial charge in [-0.15, -0.1) is 0 Å². The summed E-state index contributed by atoms with van der Waals surface area (Å²) in [5.41, 5.74) is 1.96. The van der Waals surface area contributed by atoms with Crippen molar-refractivity contribution in [3.05, 3.63) is 106 Å². The summed E-state index contributed by atoms with van der Waals surface area (Å²) >= 11 is 3.46. The Bertz CT molecular complexity index is 1270. The molecular formula is C32H36BrN3O4. The Hall–Kier alpha value is -3.65. The van der Waals surface area contributed by atoms with Crippen molar-refractivity contribution in [2.24, 2.45) is 0 Å². The van der Waals surface area contributed by atoms with Crippen LogP contribution < -0.4 is 10.6 Å². The van der Waals surface area contributed by atoms with E-state index in [4.69, 9.17) is 4.74 Å². The summed E-state index contributed by atoms with van der Waals surface area (Å²) in [6, 6.07) is 25.4. The maximum absolute atomic E-state index is 14.3. The first-order valence-corrected chi connectivity index (χ1v) is 14.3. The van der Waals surface area contributed by atoms with E-state index in [1.165, 1.54) is 0 Å². The fourth-order valence-electron chi connectivity index (χ4n) is 5.06. The van der Waals surface area contributed by atoms with Gasteiger partial charge in [-0.05, 0) is 62.4 Å². The lowest BCUT2D eigenvalue weighted by Gasteiger charge is -2.34. The van der Waals surface area contributed by atoms with Crippen molar-refractivity contribution in [3.8, 4) is 0 Å². The monoisotopic (exact) mass is 605 g/mol. The molecule has 2 N–H and O–H groups in total. The third-order valence-corrected chi connectivity index (χ3v) is 7.28. The number of rotatable bonds is 8. The lowest BCUT2D eigenvalue weighted by atomic mass is 9.84. The summed E-state index contributed by atoms with van der Waals surface area (Å²) < 4.78 is 6.50. The van der Waals surface area contributed by atoms with Gasteiger partial charge in [-0.3, -0.25) is 9.59 Å². The van der Waals surface area contributed by atoms with Crippen molar-refractivity contribution in [2.75, 3.05) is 6.54 Å². The second kappa shape index (κ2) is 13.1. The lowest BCUT2D eigenvalue weighted by molar-refractivity contribution is -0.140. The molecule has 1 aliphatic heterocycles. The van der Waals surface area contributed by atoms with Gasteiger partial charge in [0.15, 0.2) is 0 Å². The maximum atomic E-state index is 14.3. The van der Waals surface area contributed by atoms with Gasteiger partial charge in [0.2, 0.25) is 11.8 Å². The molecule has 3 aromatic carbocycles. The van der Waals surface area contributed by atoms with Crippen molar-refractivity contribution in [1.82, 2.24) is 15.5 Å². The number of carbonyl (C=O) groups is 3. The van der Waals surface area contributed by atoms with E-state index >= 15 is 0 Å². The SMILES string of the molecule is CC(C)(C)OC(=O)N[C@@H](C(=O)N1CCC[C@H]1C(=O)NCc1cccc(Br)c1)C(c1ccccc1)c1ccccc1. The first-order chi connectivity index (χ1) is 19.1. The standard InChI is InChI=1S/C32H36BrN3O4/c1-32(2,3)40-31(39)35-28(27(23-13-6-4-7-14-23)24-15-8-5-9-16-24)30(38)36-19-11-18-26(36)29(37)34-21-22-12-10-17-25(33)20-22/h4-10,12-17,20,26-28H,11,18-19,21H2,1-3H3,(H,34,37)(H,35,39)/t26-,28+/m0/s1. The molecule has 8 heteroatoms. The molecule has 0 unspecified atom stereocenters. The van der Waals surface area contributed by atoms with Crippen LogP contribution in [0.5, 0.6) is 0 Å². The molecule has 1 saturated heterocycles. The van der Waals surface area contributed by atoms with Gasteiger partial charge in [0.25, 0.3) is 0 Å². The first-order valence-electron chi connectivity index (χ1n) is 13.5. The van der Waals surface area contributed by atoms with Gasteiger partial charge in [0.1, 0.15) is 17.7 Å². The highest BCUT2D eigenvalue weighted by Gasteiger charge is 2.42. The number of hydrogen-bond donors (Lipinski definition) is 2. The van der Waals surface area contributed by atoms with E-state index in [0.717, 1.165) is 21.2 Å². The minimum atomic E-state index is -0.988. The van der Waals surface area contributed by atoms with Crippen molar-refractivity contribution in [1.29, 1.82) is 0 Å². The minimum Gasteiger partial charge on any atom is -0.444 e. The van der Waals surface area contributed by atoms with Gasteiger partial charge in [0.05, 0.1) is 0 Å². The Balaban J connectivity index is 1.64. The van der Waals surface area contributed by atoms with Gasteiger partial charge in [-0.2, -0.15) is 0 Å². The number of amides is 3. The molecule has 40 heavy (non-hydrogen) atoms. The predicted octanol–water partition coefficient (Wildman–Crippen LogP) is 5.78. The van der Waals surface area contributed by atoms with E-state index in [2.05, 4.69) is 26.6 Å². The Morgan fingerprint density at radius 2 is 1.57 bits per heavy atom. The quantitative estimate of drug-likeness (QED) is 0.340. The molecule has 7 nitrogen and oxygen atoms in total. The van der Waals surface area contributed by atoms with E-state index in [9.17, 15) is 14.4 Å². The zero-order chi connectivity index (χ0) is 28.7. The van der Waals surface area contributed by atoms with Crippen molar-refractivity contribution in [3.63, 3.8) is 0 Å². The van der Waals surface area contributed by atoms with Crippen LogP contribution in [-0.4, -0.2) is 47.0 Å². The summed E-state index contributed by atoms with van der Waals surface area (Å²) in [7, 11) is 0. The molecule has 3 aromatic rings. The number of ether oxygens (including phenoxy) is 1. The second-order valence-corrected chi connectivity index (χ2v) is 11.9. The third-order valence-electron chi connectivity index (χ3n) is 6.78. The lowest BCUT2D eigenvalue weighted by Crippen LogP contribution is -2.56. The van der Waals surface area contributed by atoms with E-state index in [1.54, 1.807) is 25.7 Å². The molecule has 1 heterocycles. The fourth-order valence-corrected chi connectivity index (χ4v) is 5.50. The van der Waals surface area contributed by atoms with E-state index in [-0.39, 0.29) is 11.8 Å². The molecule has 4 rings (SSSR count). The van der Waals surface area contributed by atoms with E-state index in [0.29, 0.717) is 25.9 Å². The summed E-state index contributed by atoms with van der Waals surface area (Å²) in [5.74, 6) is -1.02. The Kier molecular flexibility index (Phi) is 9.63. The number of hydrogen-bond acceptors (Lipinski definition) is 4. The number of likely N-dealkylation sites (tertiary alicyclic amines) is 1. The smallest absolute Gasteiger partial charge is 0.408 e. The number of alkyl carbamates (subject to hydrolysis) is 1. The largest absolute Gasteiger partial charge is 0.444 e. The topological polar surface area (TPSA) is 87.7 Å². The Morgan fingerprint density at radius 3 is 2.15 bits per heavy atom. The van der Waals surface area contributed by atoms with Crippen LogP contribution in [0, 0.1) is 0 Å². The Labute approximate surface area is 244 Å². The van der Waals surface area contributed by atoms with Crippen LogP contribution in [0.25, 0.3) is 0 Å². The third kappa shape index (κ3) is 7.72. The van der Waals surface area contributed by atoms with Gasteiger partial charge in [-0.25, -0.2) is 4.79 Å². The predicted molar refractivity (Wildman–Crippen MR) is 159 cm³/mol. The molecule has 0 radical (unpaired) electrons. The average Bonchev–Trinajstić information content (AvgIpc) is 3.41. The highest BCUT2D eigenvalue weighted by atomic mass is 79.9. The van der Waals surface area contributed by atoms with Gasteiger partial charge < -0.3 is 20.3 Å².